The van der Waals surface area contributed by atoms with Crippen molar-refractivity contribution in [2.75, 3.05) is 13.7 Å². The third kappa shape index (κ3) is 4.86. The molecule has 3 aromatic rings. The summed E-state index contributed by atoms with van der Waals surface area (Å²) in [5.41, 5.74) is 4.19. The summed E-state index contributed by atoms with van der Waals surface area (Å²) in [5.74, 6) is -1.75. The predicted octanol–water partition coefficient (Wildman–Crippen LogP) is 2.84. The quantitative estimate of drug-likeness (QED) is 0.586. The lowest BCUT2D eigenvalue weighted by Gasteiger charge is -2.16. The molecule has 0 unspecified atom stereocenters. The maximum atomic E-state index is 12.3. The number of amides is 1. The Labute approximate surface area is 174 Å². The van der Waals surface area contributed by atoms with E-state index >= 15 is 0 Å². The Morgan fingerprint density at radius 3 is 2.57 bits per heavy atom. The molecule has 0 saturated carbocycles. The van der Waals surface area contributed by atoms with Gasteiger partial charge in [-0.25, -0.2) is 9.59 Å². The van der Waals surface area contributed by atoms with Crippen molar-refractivity contribution in [1.82, 2.24) is 10.3 Å². The maximum Gasteiger partial charge on any atom is 0.338 e. The van der Waals surface area contributed by atoms with E-state index in [1.165, 1.54) is 7.11 Å². The summed E-state index contributed by atoms with van der Waals surface area (Å²) in [6, 6.07) is 12.0. The molecule has 0 radical (unpaired) electrons. The highest BCUT2D eigenvalue weighted by Crippen LogP contribution is 2.19. The largest absolute Gasteiger partial charge is 0.467 e. The Kier molecular flexibility index (Phi) is 6.51. The number of H-pyrrole nitrogens is 1. The Bertz CT molecular complexity index is 1090. The molecule has 7 heteroatoms. The first kappa shape index (κ1) is 21.1. The van der Waals surface area contributed by atoms with Gasteiger partial charge in [-0.1, -0.05) is 24.3 Å². The Balaban J connectivity index is 1.63. The first-order valence-corrected chi connectivity index (χ1v) is 9.55. The van der Waals surface area contributed by atoms with Crippen molar-refractivity contribution in [1.29, 1.82) is 0 Å². The second kappa shape index (κ2) is 9.26. The highest BCUT2D eigenvalue weighted by molar-refractivity contribution is 5.92. The summed E-state index contributed by atoms with van der Waals surface area (Å²) in [5, 5.41) is 3.55. The smallest absolute Gasteiger partial charge is 0.338 e. The molecule has 0 fully saturated rings. The number of para-hydroxylation sites is 1. The minimum Gasteiger partial charge on any atom is -0.467 e. The van der Waals surface area contributed by atoms with Gasteiger partial charge in [0.15, 0.2) is 6.61 Å². The lowest BCUT2D eigenvalue weighted by atomic mass is 10.0. The zero-order valence-electron chi connectivity index (χ0n) is 17.2. The molecule has 0 aliphatic carbocycles. The molecule has 156 valence electrons. The third-order valence-corrected chi connectivity index (χ3v) is 5.00. The molecule has 0 aliphatic heterocycles. The zero-order valence-corrected chi connectivity index (χ0v) is 17.2. The van der Waals surface area contributed by atoms with Crippen LogP contribution in [0.3, 0.4) is 0 Å². The van der Waals surface area contributed by atoms with Crippen LogP contribution in [-0.4, -0.2) is 42.6 Å². The van der Waals surface area contributed by atoms with Crippen LogP contribution in [0.15, 0.2) is 48.7 Å². The molecule has 0 bridgehead atoms. The number of carbonyl (C=O) groups is 3. The first-order chi connectivity index (χ1) is 14.4. The van der Waals surface area contributed by atoms with Gasteiger partial charge in [0.05, 0.1) is 12.7 Å². The monoisotopic (exact) mass is 408 g/mol. The molecule has 7 nitrogen and oxygen atoms in total. The van der Waals surface area contributed by atoms with Crippen molar-refractivity contribution in [2.45, 2.75) is 26.3 Å². The number of fused-ring (bicyclic) bond motifs is 1. The Morgan fingerprint density at radius 2 is 1.83 bits per heavy atom. The lowest BCUT2D eigenvalue weighted by molar-refractivity contribution is -0.145. The second-order valence-electron chi connectivity index (χ2n) is 7.08. The van der Waals surface area contributed by atoms with Gasteiger partial charge in [-0.05, 0) is 48.7 Å². The first-order valence-electron chi connectivity index (χ1n) is 9.55. The standard InChI is InChI=1S/C23H24N2O5/c1-14-8-9-16(10-15(14)2)22(27)30-13-21(26)25-20(23(28)29-3)11-17-12-24-19-7-5-4-6-18(17)19/h4-10,12,20,24H,11,13H2,1-3H3,(H,25,26)/t20-/m1/s1. The van der Waals surface area contributed by atoms with Gasteiger partial charge >= 0.3 is 11.9 Å². The van der Waals surface area contributed by atoms with E-state index in [0.717, 1.165) is 27.6 Å². The molecule has 2 N–H and O–H groups in total. The minimum absolute atomic E-state index is 0.244. The number of aromatic amines is 1. The van der Waals surface area contributed by atoms with Crippen LogP contribution in [0.5, 0.6) is 0 Å². The Morgan fingerprint density at radius 1 is 1.07 bits per heavy atom. The number of rotatable bonds is 7. The molecule has 0 aliphatic rings. The summed E-state index contributed by atoms with van der Waals surface area (Å²) in [4.78, 5) is 39.8. The van der Waals surface area contributed by atoms with Gasteiger partial charge in [-0.3, -0.25) is 4.79 Å². The molecule has 30 heavy (non-hydrogen) atoms. The predicted molar refractivity (Wildman–Crippen MR) is 112 cm³/mol. The van der Waals surface area contributed by atoms with Crippen LogP contribution in [0.1, 0.15) is 27.0 Å². The number of esters is 2. The molecule has 3 rings (SSSR count). The van der Waals surface area contributed by atoms with E-state index in [-0.39, 0.29) is 6.42 Å². The fourth-order valence-corrected chi connectivity index (χ4v) is 3.17. The van der Waals surface area contributed by atoms with Gasteiger partial charge < -0.3 is 19.8 Å². The zero-order chi connectivity index (χ0) is 21.7. The van der Waals surface area contributed by atoms with E-state index < -0.39 is 30.5 Å². The molecular formula is C23H24N2O5. The van der Waals surface area contributed by atoms with E-state index in [1.54, 1.807) is 18.3 Å². The topological polar surface area (TPSA) is 97.5 Å². The highest BCUT2D eigenvalue weighted by atomic mass is 16.5. The number of benzene rings is 2. The number of hydrogen-bond donors (Lipinski definition) is 2. The number of ether oxygens (including phenoxy) is 2. The summed E-state index contributed by atoms with van der Waals surface area (Å²) in [6.45, 7) is 3.34. The molecule has 1 amide bonds. The van der Waals surface area contributed by atoms with E-state index in [2.05, 4.69) is 10.3 Å². The van der Waals surface area contributed by atoms with Crippen LogP contribution in [0, 0.1) is 13.8 Å². The molecule has 1 atom stereocenters. The van der Waals surface area contributed by atoms with Crippen LogP contribution in [0.2, 0.25) is 0 Å². The van der Waals surface area contributed by atoms with Gasteiger partial charge in [-0.15, -0.1) is 0 Å². The summed E-state index contributed by atoms with van der Waals surface area (Å²) >= 11 is 0. The van der Waals surface area contributed by atoms with Crippen molar-refractivity contribution in [3.05, 3.63) is 70.9 Å². The van der Waals surface area contributed by atoms with Crippen molar-refractivity contribution in [3.8, 4) is 0 Å². The molecular weight excluding hydrogens is 384 g/mol. The van der Waals surface area contributed by atoms with Crippen LogP contribution < -0.4 is 5.32 Å². The van der Waals surface area contributed by atoms with Crippen molar-refractivity contribution in [3.63, 3.8) is 0 Å². The summed E-state index contributed by atoms with van der Waals surface area (Å²) < 4.78 is 9.92. The normalized spacial score (nSPS) is 11.7. The number of hydrogen-bond acceptors (Lipinski definition) is 5. The maximum absolute atomic E-state index is 12.3. The van der Waals surface area contributed by atoms with Crippen molar-refractivity contribution >= 4 is 28.7 Å². The average molecular weight is 408 g/mol. The van der Waals surface area contributed by atoms with E-state index in [1.807, 2.05) is 44.2 Å². The van der Waals surface area contributed by atoms with Crippen LogP contribution in [0.4, 0.5) is 0 Å². The van der Waals surface area contributed by atoms with Crippen LogP contribution in [-0.2, 0) is 25.5 Å². The number of methoxy groups -OCH3 is 1. The van der Waals surface area contributed by atoms with Gasteiger partial charge in [0, 0.05) is 23.5 Å². The van der Waals surface area contributed by atoms with E-state index in [9.17, 15) is 14.4 Å². The number of aromatic nitrogens is 1. The van der Waals surface area contributed by atoms with Gasteiger partial charge in [-0.2, -0.15) is 0 Å². The van der Waals surface area contributed by atoms with Crippen molar-refractivity contribution < 1.29 is 23.9 Å². The van der Waals surface area contributed by atoms with Crippen LogP contribution >= 0.6 is 0 Å². The molecule has 0 saturated heterocycles. The van der Waals surface area contributed by atoms with Crippen LogP contribution in [0.25, 0.3) is 10.9 Å². The number of nitrogens with one attached hydrogen (secondary N) is 2. The Hall–Kier alpha value is -3.61. The molecule has 0 spiro atoms. The van der Waals surface area contributed by atoms with Crippen molar-refractivity contribution in [2.24, 2.45) is 0 Å². The van der Waals surface area contributed by atoms with Gasteiger partial charge in [0.2, 0.25) is 0 Å². The fraction of sp³-hybridized carbons (Fsp3) is 0.261. The minimum atomic E-state index is -0.901. The molecule has 1 aromatic heterocycles. The van der Waals surface area contributed by atoms with E-state index in [4.69, 9.17) is 9.47 Å². The average Bonchev–Trinajstić information content (AvgIpc) is 3.15. The van der Waals surface area contributed by atoms with Gasteiger partial charge in [0.25, 0.3) is 5.91 Å². The lowest BCUT2D eigenvalue weighted by Crippen LogP contribution is -2.44. The SMILES string of the molecule is COC(=O)[C@@H](Cc1c[nH]c2ccccc12)NC(=O)COC(=O)c1ccc(C)c(C)c1. The van der Waals surface area contributed by atoms with E-state index in [0.29, 0.717) is 5.56 Å². The highest BCUT2D eigenvalue weighted by Gasteiger charge is 2.24. The molecule has 2 aromatic carbocycles. The number of aryl methyl sites for hydroxylation is 2. The fourth-order valence-electron chi connectivity index (χ4n) is 3.17. The third-order valence-electron chi connectivity index (χ3n) is 5.00. The second-order valence-corrected chi connectivity index (χ2v) is 7.08. The molecule has 1 heterocycles. The van der Waals surface area contributed by atoms with Gasteiger partial charge in [0.1, 0.15) is 6.04 Å². The summed E-state index contributed by atoms with van der Waals surface area (Å²) in [7, 11) is 1.26. The summed E-state index contributed by atoms with van der Waals surface area (Å²) in [6.07, 6.45) is 2.04. The number of carbonyl (C=O) groups excluding carboxylic acids is 3.